The van der Waals surface area contributed by atoms with E-state index in [4.69, 9.17) is 4.74 Å². The molecule has 0 aromatic heterocycles. The van der Waals surface area contributed by atoms with E-state index in [0.29, 0.717) is 56.9 Å². The number of benzene rings is 3. The Balaban J connectivity index is 1.33. The normalized spacial score (nSPS) is 20.2. The molecule has 2 aliphatic rings. The van der Waals surface area contributed by atoms with Crippen LogP contribution in [0.15, 0.2) is 78.9 Å². The van der Waals surface area contributed by atoms with E-state index in [1.165, 1.54) is 18.2 Å². The van der Waals surface area contributed by atoms with Gasteiger partial charge in [-0.1, -0.05) is 60.7 Å². The lowest BCUT2D eigenvalue weighted by molar-refractivity contribution is -0.138. The van der Waals surface area contributed by atoms with Gasteiger partial charge in [0.25, 0.3) is 0 Å². The molecule has 2 fully saturated rings. The van der Waals surface area contributed by atoms with E-state index in [-0.39, 0.29) is 17.9 Å². The largest absolute Gasteiger partial charge is 0.416 e. The van der Waals surface area contributed by atoms with Crippen molar-refractivity contribution in [2.75, 3.05) is 39.4 Å². The summed E-state index contributed by atoms with van der Waals surface area (Å²) in [5.41, 5.74) is 1.28. The molecule has 2 atom stereocenters. The Morgan fingerprint density at radius 3 is 2.07 bits per heavy atom. The molecule has 42 heavy (non-hydrogen) atoms. The van der Waals surface area contributed by atoms with Crippen molar-refractivity contribution in [3.8, 4) is 11.1 Å². The maximum absolute atomic E-state index is 13.3. The molecular formula is C32H30F6N2O2. The monoisotopic (exact) mass is 588 g/mol. The van der Waals surface area contributed by atoms with Crippen LogP contribution in [-0.4, -0.2) is 55.2 Å². The number of morpholine rings is 1. The SMILES string of the molecule is O=C(N1CCOCC1)N1CC(/C=C/c2ccc(-c3cccc(C(F)(F)F)c3)cc2)CC(c2ccc(C(F)(F)F)cc2)C1. The first kappa shape index (κ1) is 29.7. The van der Waals surface area contributed by atoms with Crippen molar-refractivity contribution < 1.29 is 35.9 Å². The highest BCUT2D eigenvalue weighted by Gasteiger charge is 2.34. The van der Waals surface area contributed by atoms with E-state index in [9.17, 15) is 31.1 Å². The van der Waals surface area contributed by atoms with Gasteiger partial charge in [0.2, 0.25) is 0 Å². The number of alkyl halides is 6. The standard InChI is InChI=1S/C32H30F6N2O2/c33-31(34,35)28-12-10-25(11-13-28)27-18-23(20-40(21-27)30(41)39-14-16-42-17-15-39)5-4-22-6-8-24(9-7-22)26-2-1-3-29(19-26)32(36,37)38/h1-13,19,23,27H,14-18,20-21H2/b5-4+. The Bertz CT molecular complexity index is 1390. The predicted molar refractivity (Wildman–Crippen MR) is 148 cm³/mol. The van der Waals surface area contributed by atoms with Gasteiger partial charge in [-0.2, -0.15) is 26.3 Å². The number of carbonyl (C=O) groups is 1. The highest BCUT2D eigenvalue weighted by atomic mass is 19.4. The fourth-order valence-electron chi connectivity index (χ4n) is 5.48. The number of hydrogen-bond acceptors (Lipinski definition) is 2. The summed E-state index contributed by atoms with van der Waals surface area (Å²) in [6.45, 7) is 2.76. The first-order valence-corrected chi connectivity index (χ1v) is 13.7. The summed E-state index contributed by atoms with van der Waals surface area (Å²) in [6, 6.07) is 17.3. The van der Waals surface area contributed by atoms with Crippen LogP contribution in [0.1, 0.15) is 34.6 Å². The van der Waals surface area contributed by atoms with Crippen LogP contribution < -0.4 is 0 Å². The first-order valence-electron chi connectivity index (χ1n) is 13.7. The van der Waals surface area contributed by atoms with Gasteiger partial charge in [0.1, 0.15) is 0 Å². The van der Waals surface area contributed by atoms with E-state index >= 15 is 0 Å². The maximum Gasteiger partial charge on any atom is 0.416 e. The van der Waals surface area contributed by atoms with Gasteiger partial charge >= 0.3 is 18.4 Å². The minimum Gasteiger partial charge on any atom is -0.378 e. The van der Waals surface area contributed by atoms with Crippen LogP contribution in [0.5, 0.6) is 0 Å². The molecule has 2 saturated heterocycles. The molecular weight excluding hydrogens is 558 g/mol. The second-order valence-corrected chi connectivity index (χ2v) is 10.7. The molecule has 0 spiro atoms. The van der Waals surface area contributed by atoms with Gasteiger partial charge in [-0.3, -0.25) is 0 Å². The van der Waals surface area contributed by atoms with Crippen LogP contribution in [-0.2, 0) is 17.1 Å². The van der Waals surface area contributed by atoms with Crippen molar-refractivity contribution in [2.45, 2.75) is 24.7 Å². The van der Waals surface area contributed by atoms with Crippen LogP contribution in [0.4, 0.5) is 31.1 Å². The van der Waals surface area contributed by atoms with Crippen molar-refractivity contribution in [2.24, 2.45) is 5.92 Å². The minimum atomic E-state index is -4.43. The number of carbonyl (C=O) groups excluding carboxylic acids is 1. The molecule has 0 N–H and O–H groups in total. The number of nitrogens with zero attached hydrogens (tertiary/aromatic N) is 2. The van der Waals surface area contributed by atoms with E-state index in [0.717, 1.165) is 35.4 Å². The summed E-state index contributed by atoms with van der Waals surface area (Å²) in [5, 5.41) is 0. The summed E-state index contributed by atoms with van der Waals surface area (Å²) in [4.78, 5) is 16.9. The highest BCUT2D eigenvalue weighted by molar-refractivity contribution is 5.75. The minimum absolute atomic E-state index is 0.0563. The molecule has 0 aliphatic carbocycles. The third-order valence-electron chi connectivity index (χ3n) is 7.74. The molecule has 3 aromatic rings. The van der Waals surface area contributed by atoms with Crippen molar-refractivity contribution in [1.82, 2.24) is 9.80 Å². The second-order valence-electron chi connectivity index (χ2n) is 10.7. The molecule has 0 bridgehead atoms. The van der Waals surface area contributed by atoms with Gasteiger partial charge in [0.05, 0.1) is 24.3 Å². The lowest BCUT2D eigenvalue weighted by atomic mass is 9.84. The zero-order valence-electron chi connectivity index (χ0n) is 22.7. The third kappa shape index (κ3) is 7.15. The van der Waals surface area contributed by atoms with Crippen LogP contribution >= 0.6 is 0 Å². The molecule has 4 nitrogen and oxygen atoms in total. The molecule has 2 amide bonds. The number of piperidine rings is 1. The number of urea groups is 1. The lowest BCUT2D eigenvalue weighted by Gasteiger charge is -2.40. The number of hydrogen-bond donors (Lipinski definition) is 0. The number of likely N-dealkylation sites (tertiary alicyclic amines) is 1. The van der Waals surface area contributed by atoms with Gasteiger partial charge in [-0.15, -0.1) is 0 Å². The van der Waals surface area contributed by atoms with Crippen LogP contribution in [0.25, 0.3) is 17.2 Å². The molecule has 2 aliphatic heterocycles. The lowest BCUT2D eigenvalue weighted by Crippen LogP contribution is -2.52. The fourth-order valence-corrected chi connectivity index (χ4v) is 5.48. The summed E-state index contributed by atoms with van der Waals surface area (Å²) in [6.07, 6.45) is -4.29. The molecule has 10 heteroatoms. The molecule has 0 radical (unpaired) electrons. The Hall–Kier alpha value is -3.79. The quantitative estimate of drug-likeness (QED) is 0.290. The summed E-state index contributed by atoms with van der Waals surface area (Å²) >= 11 is 0. The molecule has 5 rings (SSSR count). The fraction of sp³-hybridized carbons (Fsp3) is 0.344. The molecule has 3 aromatic carbocycles. The Labute approximate surface area is 240 Å². The van der Waals surface area contributed by atoms with Gasteiger partial charge < -0.3 is 14.5 Å². The Morgan fingerprint density at radius 1 is 0.762 bits per heavy atom. The number of ether oxygens (including phenoxy) is 1. The second kappa shape index (κ2) is 12.2. The topological polar surface area (TPSA) is 32.8 Å². The van der Waals surface area contributed by atoms with Gasteiger partial charge in [-0.05, 0) is 58.9 Å². The Morgan fingerprint density at radius 2 is 1.43 bits per heavy atom. The summed E-state index contributed by atoms with van der Waals surface area (Å²) in [7, 11) is 0. The maximum atomic E-state index is 13.3. The molecule has 0 saturated carbocycles. The van der Waals surface area contributed by atoms with E-state index in [2.05, 4.69) is 0 Å². The van der Waals surface area contributed by atoms with Crippen LogP contribution in [0.3, 0.4) is 0 Å². The van der Waals surface area contributed by atoms with E-state index in [1.54, 1.807) is 28.0 Å². The van der Waals surface area contributed by atoms with Gasteiger partial charge in [-0.25, -0.2) is 4.79 Å². The first-order chi connectivity index (χ1) is 20.0. The smallest absolute Gasteiger partial charge is 0.378 e. The van der Waals surface area contributed by atoms with Crippen LogP contribution in [0.2, 0.25) is 0 Å². The van der Waals surface area contributed by atoms with Crippen LogP contribution in [0, 0.1) is 5.92 Å². The van der Waals surface area contributed by atoms with E-state index < -0.39 is 23.5 Å². The van der Waals surface area contributed by atoms with Gasteiger partial charge in [0, 0.05) is 32.1 Å². The summed E-state index contributed by atoms with van der Waals surface area (Å²) in [5.74, 6) is -0.205. The zero-order chi connectivity index (χ0) is 29.9. The number of rotatable bonds is 4. The molecule has 2 unspecified atom stereocenters. The van der Waals surface area contributed by atoms with Gasteiger partial charge in [0.15, 0.2) is 0 Å². The molecule has 222 valence electrons. The average molecular weight is 589 g/mol. The van der Waals surface area contributed by atoms with Crippen molar-refractivity contribution in [3.63, 3.8) is 0 Å². The van der Waals surface area contributed by atoms with Crippen molar-refractivity contribution in [1.29, 1.82) is 0 Å². The average Bonchev–Trinajstić information content (AvgIpc) is 2.99. The van der Waals surface area contributed by atoms with Crippen molar-refractivity contribution in [3.05, 3.63) is 101 Å². The number of halogens is 6. The predicted octanol–water partition coefficient (Wildman–Crippen LogP) is 7.96. The molecule has 2 heterocycles. The zero-order valence-corrected chi connectivity index (χ0v) is 22.7. The summed E-state index contributed by atoms with van der Waals surface area (Å²) < 4.78 is 84.1. The number of amides is 2. The Kier molecular flexibility index (Phi) is 8.63. The van der Waals surface area contributed by atoms with Crippen molar-refractivity contribution >= 4 is 12.1 Å². The third-order valence-corrected chi connectivity index (χ3v) is 7.74. The van der Waals surface area contributed by atoms with E-state index in [1.807, 2.05) is 24.3 Å². The highest BCUT2D eigenvalue weighted by Crippen LogP contribution is 2.35.